The first kappa shape index (κ1) is 19.7. The zero-order valence-corrected chi connectivity index (χ0v) is 18.6. The fraction of sp³-hybridized carbons (Fsp3) is 0. The van der Waals surface area contributed by atoms with Crippen molar-refractivity contribution >= 4 is 33.3 Å². The zero-order chi connectivity index (χ0) is 22.2. The van der Waals surface area contributed by atoms with Crippen LogP contribution in [-0.4, -0.2) is 4.98 Å². The number of para-hydroxylation sites is 1. The van der Waals surface area contributed by atoms with Crippen molar-refractivity contribution in [1.82, 2.24) is 4.98 Å². The van der Waals surface area contributed by atoms with E-state index in [1.807, 2.05) is 18.2 Å². The van der Waals surface area contributed by atoms with E-state index in [1.54, 1.807) is 0 Å². The van der Waals surface area contributed by atoms with E-state index in [1.165, 1.54) is 22.1 Å². The molecule has 6 aromatic rings. The van der Waals surface area contributed by atoms with Gasteiger partial charge < -0.3 is 0 Å². The molecule has 0 spiro atoms. The molecular weight excluding hydrogens is 422 g/mol. The van der Waals surface area contributed by atoms with Crippen LogP contribution in [0.25, 0.3) is 55.2 Å². The van der Waals surface area contributed by atoms with Crippen LogP contribution in [0.5, 0.6) is 0 Å². The van der Waals surface area contributed by atoms with E-state index >= 15 is 0 Å². The molecule has 2 heteroatoms. The maximum Gasteiger partial charge on any atom is 0.0794 e. The average Bonchev–Trinajstić information content (AvgIpc) is 2.89. The Morgan fingerprint density at radius 1 is 0.455 bits per heavy atom. The zero-order valence-electron chi connectivity index (χ0n) is 17.9. The highest BCUT2D eigenvalue weighted by Gasteiger charge is 2.16. The van der Waals surface area contributed by atoms with E-state index in [9.17, 15) is 0 Å². The quantitative estimate of drug-likeness (QED) is 0.249. The summed E-state index contributed by atoms with van der Waals surface area (Å²) in [7, 11) is 0. The van der Waals surface area contributed by atoms with E-state index in [0.29, 0.717) is 0 Å². The molecule has 0 aliphatic rings. The highest BCUT2D eigenvalue weighted by Crippen LogP contribution is 2.41. The van der Waals surface area contributed by atoms with Crippen LogP contribution in [0.3, 0.4) is 0 Å². The van der Waals surface area contributed by atoms with E-state index < -0.39 is 0 Å². The van der Waals surface area contributed by atoms with Gasteiger partial charge in [-0.1, -0.05) is 115 Å². The summed E-state index contributed by atoms with van der Waals surface area (Å²) in [5.41, 5.74) is 7.81. The summed E-state index contributed by atoms with van der Waals surface area (Å²) in [6.45, 7) is 0. The first-order chi connectivity index (χ1) is 16.3. The van der Waals surface area contributed by atoms with Gasteiger partial charge in [-0.25, -0.2) is 4.98 Å². The van der Waals surface area contributed by atoms with Crippen LogP contribution in [-0.2, 0) is 0 Å². The number of pyridine rings is 1. The molecule has 1 heterocycles. The van der Waals surface area contributed by atoms with Gasteiger partial charge in [0, 0.05) is 26.7 Å². The molecule has 0 atom stereocenters. The van der Waals surface area contributed by atoms with Gasteiger partial charge in [0.1, 0.15) is 0 Å². The lowest BCUT2D eigenvalue weighted by Gasteiger charge is -2.16. The Hall–Kier alpha value is -3.94. The van der Waals surface area contributed by atoms with Gasteiger partial charge in [-0.3, -0.25) is 0 Å². The Morgan fingerprint density at radius 3 is 1.88 bits per heavy atom. The molecule has 0 aliphatic carbocycles. The van der Waals surface area contributed by atoms with Crippen LogP contribution in [0.2, 0.25) is 5.02 Å². The van der Waals surface area contributed by atoms with Gasteiger partial charge in [0.2, 0.25) is 0 Å². The SMILES string of the molecule is Clc1ccc(-c2cccc3c(-c4ccccc4-c4ccccc4)nc4ccccc4c23)cc1. The minimum absolute atomic E-state index is 0.739. The summed E-state index contributed by atoms with van der Waals surface area (Å²) in [6, 6.07) is 42.0. The van der Waals surface area contributed by atoms with Crippen molar-refractivity contribution in [1.29, 1.82) is 0 Å². The van der Waals surface area contributed by atoms with Crippen LogP contribution in [0.1, 0.15) is 0 Å². The van der Waals surface area contributed by atoms with Gasteiger partial charge in [-0.2, -0.15) is 0 Å². The Labute approximate surface area is 197 Å². The number of fused-ring (bicyclic) bond motifs is 3. The summed E-state index contributed by atoms with van der Waals surface area (Å²) >= 11 is 6.18. The van der Waals surface area contributed by atoms with Crippen LogP contribution in [0.4, 0.5) is 0 Å². The summed E-state index contributed by atoms with van der Waals surface area (Å²) in [5.74, 6) is 0. The van der Waals surface area contributed by atoms with E-state index in [4.69, 9.17) is 16.6 Å². The maximum absolute atomic E-state index is 6.18. The molecule has 1 aromatic heterocycles. The fourth-order valence-electron chi connectivity index (χ4n) is 4.64. The molecule has 0 radical (unpaired) electrons. The highest BCUT2D eigenvalue weighted by molar-refractivity contribution is 6.30. The third kappa shape index (κ3) is 3.47. The predicted octanol–water partition coefficient (Wildman–Crippen LogP) is 9.04. The predicted molar refractivity (Wildman–Crippen MR) is 141 cm³/mol. The molecule has 33 heavy (non-hydrogen) atoms. The van der Waals surface area contributed by atoms with E-state index in [0.717, 1.165) is 38.1 Å². The average molecular weight is 442 g/mol. The van der Waals surface area contributed by atoms with Crippen molar-refractivity contribution in [2.45, 2.75) is 0 Å². The molecule has 6 rings (SSSR count). The number of nitrogens with zero attached hydrogens (tertiary/aromatic N) is 1. The molecule has 0 bridgehead atoms. The smallest absolute Gasteiger partial charge is 0.0794 e. The third-order valence-corrected chi connectivity index (χ3v) is 6.40. The summed E-state index contributed by atoms with van der Waals surface area (Å²) in [4.78, 5) is 5.19. The van der Waals surface area contributed by atoms with Crippen molar-refractivity contribution in [2.24, 2.45) is 0 Å². The number of benzene rings is 5. The lowest BCUT2D eigenvalue weighted by molar-refractivity contribution is 1.42. The lowest BCUT2D eigenvalue weighted by atomic mass is 9.90. The Balaban J connectivity index is 1.72. The van der Waals surface area contributed by atoms with Crippen LogP contribution < -0.4 is 0 Å². The van der Waals surface area contributed by atoms with Crippen molar-refractivity contribution in [3.8, 4) is 33.5 Å². The first-order valence-electron chi connectivity index (χ1n) is 11.0. The van der Waals surface area contributed by atoms with Crippen molar-refractivity contribution < 1.29 is 0 Å². The van der Waals surface area contributed by atoms with Gasteiger partial charge in [0.15, 0.2) is 0 Å². The largest absolute Gasteiger partial charge is 0.247 e. The molecule has 0 saturated carbocycles. The van der Waals surface area contributed by atoms with E-state index in [2.05, 4.69) is 103 Å². The van der Waals surface area contributed by atoms with Crippen LogP contribution >= 0.6 is 11.6 Å². The standard InChI is InChI=1S/C31H20ClN/c32-23-19-17-22(18-20-23)25-14-8-15-28-30(25)27-13-6-7-16-29(27)33-31(28)26-12-5-4-11-24(26)21-9-2-1-3-10-21/h1-20H. The first-order valence-corrected chi connectivity index (χ1v) is 11.4. The van der Waals surface area contributed by atoms with Gasteiger partial charge >= 0.3 is 0 Å². The molecule has 0 unspecified atom stereocenters. The molecular formula is C31H20ClN. The molecule has 0 N–H and O–H groups in total. The van der Waals surface area contributed by atoms with Gasteiger partial charge in [-0.15, -0.1) is 0 Å². The van der Waals surface area contributed by atoms with E-state index in [-0.39, 0.29) is 0 Å². The second-order valence-corrected chi connectivity index (χ2v) is 8.56. The number of hydrogen-bond donors (Lipinski definition) is 0. The Kier molecular flexibility index (Phi) is 4.90. The van der Waals surface area contributed by atoms with Crippen LogP contribution in [0, 0.1) is 0 Å². The molecule has 1 nitrogen and oxygen atoms in total. The van der Waals surface area contributed by atoms with Crippen molar-refractivity contribution in [2.75, 3.05) is 0 Å². The van der Waals surface area contributed by atoms with Gasteiger partial charge in [0.05, 0.1) is 11.2 Å². The van der Waals surface area contributed by atoms with Crippen molar-refractivity contribution in [3.05, 3.63) is 126 Å². The second-order valence-electron chi connectivity index (χ2n) is 8.12. The molecule has 156 valence electrons. The van der Waals surface area contributed by atoms with Crippen LogP contribution in [0.15, 0.2) is 121 Å². The van der Waals surface area contributed by atoms with Gasteiger partial charge in [0.25, 0.3) is 0 Å². The number of hydrogen-bond acceptors (Lipinski definition) is 1. The fourth-order valence-corrected chi connectivity index (χ4v) is 4.76. The number of rotatable bonds is 3. The topological polar surface area (TPSA) is 12.9 Å². The minimum Gasteiger partial charge on any atom is -0.247 e. The number of aromatic nitrogens is 1. The minimum atomic E-state index is 0.739. The third-order valence-electron chi connectivity index (χ3n) is 6.15. The summed E-state index contributed by atoms with van der Waals surface area (Å²) in [6.07, 6.45) is 0. The molecule has 0 fully saturated rings. The Morgan fingerprint density at radius 2 is 1.06 bits per heavy atom. The monoisotopic (exact) mass is 441 g/mol. The molecule has 0 saturated heterocycles. The molecule has 0 amide bonds. The molecule has 0 aliphatic heterocycles. The second kappa shape index (κ2) is 8.20. The highest BCUT2D eigenvalue weighted by atomic mass is 35.5. The Bertz CT molecular complexity index is 1600. The normalized spacial score (nSPS) is 11.2. The number of halogens is 1. The summed E-state index contributed by atoms with van der Waals surface area (Å²) in [5, 5.41) is 4.25. The maximum atomic E-state index is 6.18. The van der Waals surface area contributed by atoms with Gasteiger partial charge in [-0.05, 0) is 40.5 Å². The lowest BCUT2D eigenvalue weighted by Crippen LogP contribution is -1.93. The molecule has 5 aromatic carbocycles. The summed E-state index contributed by atoms with van der Waals surface area (Å²) < 4.78 is 0. The van der Waals surface area contributed by atoms with Crippen molar-refractivity contribution in [3.63, 3.8) is 0 Å².